The monoisotopic (exact) mass is 375 g/mol. The highest BCUT2D eigenvalue weighted by Gasteiger charge is 2.18. The van der Waals surface area contributed by atoms with Crippen molar-refractivity contribution in [3.8, 4) is 45.7 Å². The fourth-order valence-corrected chi connectivity index (χ4v) is 3.03. The Balaban J connectivity index is 2.19. The Morgan fingerprint density at radius 3 is 2.39 bits per heavy atom. The minimum Gasteiger partial charge on any atom is -0.494 e. The smallest absolute Gasteiger partial charge is 0.168 e. The highest BCUT2D eigenvalue weighted by atomic mass is 16.5. The molecule has 0 fully saturated rings. The molecule has 0 unspecified atom stereocenters. The van der Waals surface area contributed by atoms with E-state index in [9.17, 15) is 5.26 Å². The van der Waals surface area contributed by atoms with E-state index in [0.29, 0.717) is 40.5 Å². The van der Waals surface area contributed by atoms with Crippen molar-refractivity contribution in [2.75, 3.05) is 26.6 Å². The third kappa shape index (κ3) is 3.55. The van der Waals surface area contributed by atoms with Crippen LogP contribution in [0.3, 0.4) is 0 Å². The van der Waals surface area contributed by atoms with Gasteiger partial charge < -0.3 is 19.9 Å². The van der Waals surface area contributed by atoms with E-state index in [0.717, 1.165) is 11.3 Å². The maximum Gasteiger partial charge on any atom is 0.168 e. The summed E-state index contributed by atoms with van der Waals surface area (Å²) in [6, 6.07) is 17.1. The van der Waals surface area contributed by atoms with E-state index >= 15 is 0 Å². The molecule has 0 aliphatic rings. The third-order valence-corrected chi connectivity index (χ3v) is 4.31. The van der Waals surface area contributed by atoms with Gasteiger partial charge in [0.25, 0.3) is 0 Å². The summed E-state index contributed by atoms with van der Waals surface area (Å²) in [4.78, 5) is 4.42. The molecular formula is C22H21N3O3. The van der Waals surface area contributed by atoms with Crippen LogP contribution in [0.15, 0.2) is 48.5 Å². The summed E-state index contributed by atoms with van der Waals surface area (Å²) in [7, 11) is 3.13. The summed E-state index contributed by atoms with van der Waals surface area (Å²) in [6.45, 7) is 2.53. The van der Waals surface area contributed by atoms with Crippen LogP contribution < -0.4 is 19.9 Å². The molecule has 2 aromatic carbocycles. The number of anilines is 1. The van der Waals surface area contributed by atoms with Crippen LogP contribution >= 0.6 is 0 Å². The zero-order valence-corrected chi connectivity index (χ0v) is 16.0. The number of nitrogens with zero attached hydrogens (tertiary/aromatic N) is 2. The van der Waals surface area contributed by atoms with Gasteiger partial charge in [0, 0.05) is 16.7 Å². The molecule has 6 heteroatoms. The highest BCUT2D eigenvalue weighted by Crippen LogP contribution is 2.41. The Morgan fingerprint density at radius 2 is 1.79 bits per heavy atom. The summed E-state index contributed by atoms with van der Waals surface area (Å²) in [5.41, 5.74) is 9.27. The van der Waals surface area contributed by atoms with E-state index < -0.39 is 0 Å². The topological polar surface area (TPSA) is 90.4 Å². The Labute approximate surface area is 164 Å². The van der Waals surface area contributed by atoms with Crippen molar-refractivity contribution in [3.63, 3.8) is 0 Å². The number of hydrogen-bond acceptors (Lipinski definition) is 6. The van der Waals surface area contributed by atoms with Gasteiger partial charge >= 0.3 is 0 Å². The lowest BCUT2D eigenvalue weighted by Crippen LogP contribution is -2.01. The number of nitrogen functional groups attached to an aromatic ring is 1. The van der Waals surface area contributed by atoms with Gasteiger partial charge in [-0.25, -0.2) is 4.98 Å². The number of rotatable bonds is 6. The van der Waals surface area contributed by atoms with Crippen LogP contribution in [0.4, 0.5) is 5.82 Å². The second-order valence-corrected chi connectivity index (χ2v) is 5.93. The van der Waals surface area contributed by atoms with Crippen molar-refractivity contribution in [3.05, 3.63) is 54.1 Å². The quantitative estimate of drug-likeness (QED) is 0.691. The van der Waals surface area contributed by atoms with Gasteiger partial charge in [-0.15, -0.1) is 0 Å². The van der Waals surface area contributed by atoms with Crippen LogP contribution in [-0.2, 0) is 0 Å². The van der Waals surface area contributed by atoms with E-state index in [1.54, 1.807) is 20.3 Å². The number of hydrogen-bond donors (Lipinski definition) is 1. The van der Waals surface area contributed by atoms with Gasteiger partial charge in [0.05, 0.1) is 26.5 Å². The lowest BCUT2D eigenvalue weighted by atomic mass is 9.97. The number of ether oxygens (including phenoxy) is 3. The number of para-hydroxylation sites is 1. The maximum atomic E-state index is 9.65. The summed E-state index contributed by atoms with van der Waals surface area (Å²) in [5, 5.41) is 9.65. The molecule has 0 atom stereocenters. The Morgan fingerprint density at radius 1 is 1.04 bits per heavy atom. The van der Waals surface area contributed by atoms with Crippen molar-refractivity contribution >= 4 is 5.82 Å². The lowest BCUT2D eigenvalue weighted by molar-refractivity contribution is 0.340. The Bertz CT molecular complexity index is 1020. The van der Waals surface area contributed by atoms with Crippen molar-refractivity contribution in [2.24, 2.45) is 0 Å². The molecule has 0 radical (unpaired) electrons. The van der Waals surface area contributed by atoms with Crippen molar-refractivity contribution in [1.82, 2.24) is 4.98 Å². The second kappa shape index (κ2) is 8.31. The Hall–Kier alpha value is -3.72. The first-order valence-corrected chi connectivity index (χ1v) is 8.78. The maximum absolute atomic E-state index is 9.65. The largest absolute Gasteiger partial charge is 0.494 e. The summed E-state index contributed by atoms with van der Waals surface area (Å²) in [5.74, 6) is 2.04. The molecule has 0 saturated heterocycles. The SMILES string of the molecule is CCOc1ccc(-c2cc(-c3cccc(OC)c3OC)c(C#N)c(N)n2)cc1. The molecule has 0 amide bonds. The summed E-state index contributed by atoms with van der Waals surface area (Å²) in [6.07, 6.45) is 0. The fraction of sp³-hybridized carbons (Fsp3) is 0.182. The number of nitriles is 1. The molecule has 6 nitrogen and oxygen atoms in total. The van der Waals surface area contributed by atoms with Crippen molar-refractivity contribution < 1.29 is 14.2 Å². The van der Waals surface area contributed by atoms with Gasteiger partial charge in [-0.2, -0.15) is 5.26 Å². The van der Waals surface area contributed by atoms with E-state index in [-0.39, 0.29) is 5.82 Å². The number of pyridine rings is 1. The van der Waals surface area contributed by atoms with Crippen LogP contribution in [0.25, 0.3) is 22.4 Å². The zero-order valence-electron chi connectivity index (χ0n) is 16.0. The molecule has 3 aromatic rings. The zero-order chi connectivity index (χ0) is 20.1. The van der Waals surface area contributed by atoms with Gasteiger partial charge in [-0.05, 0) is 43.3 Å². The molecule has 0 saturated carbocycles. The molecule has 3 rings (SSSR count). The molecule has 0 bridgehead atoms. The van der Waals surface area contributed by atoms with Gasteiger partial charge in [-0.3, -0.25) is 0 Å². The summed E-state index contributed by atoms with van der Waals surface area (Å²) >= 11 is 0. The van der Waals surface area contributed by atoms with E-state index in [1.165, 1.54) is 0 Å². The molecule has 1 aromatic heterocycles. The predicted molar refractivity (Wildman–Crippen MR) is 109 cm³/mol. The molecule has 28 heavy (non-hydrogen) atoms. The first-order valence-electron chi connectivity index (χ1n) is 8.78. The van der Waals surface area contributed by atoms with Crippen LogP contribution in [0.5, 0.6) is 17.2 Å². The molecule has 0 aliphatic heterocycles. The fourth-order valence-electron chi connectivity index (χ4n) is 3.03. The second-order valence-electron chi connectivity index (χ2n) is 5.93. The molecule has 0 aliphatic carbocycles. The number of aromatic nitrogens is 1. The van der Waals surface area contributed by atoms with E-state index in [2.05, 4.69) is 11.1 Å². The third-order valence-electron chi connectivity index (χ3n) is 4.31. The van der Waals surface area contributed by atoms with Crippen LogP contribution in [0, 0.1) is 11.3 Å². The molecule has 142 valence electrons. The molecule has 1 heterocycles. The van der Waals surface area contributed by atoms with Gasteiger partial charge in [0.1, 0.15) is 23.2 Å². The number of benzene rings is 2. The first-order chi connectivity index (χ1) is 13.6. The first kappa shape index (κ1) is 19.1. The van der Waals surface area contributed by atoms with Crippen LogP contribution in [0.2, 0.25) is 0 Å². The lowest BCUT2D eigenvalue weighted by Gasteiger charge is -2.15. The average molecular weight is 375 g/mol. The van der Waals surface area contributed by atoms with Gasteiger partial charge in [0.15, 0.2) is 11.5 Å². The van der Waals surface area contributed by atoms with Gasteiger partial charge in [-0.1, -0.05) is 12.1 Å². The van der Waals surface area contributed by atoms with Crippen molar-refractivity contribution in [2.45, 2.75) is 6.92 Å². The molecular weight excluding hydrogens is 354 g/mol. The number of methoxy groups -OCH3 is 2. The average Bonchev–Trinajstić information content (AvgIpc) is 2.73. The standard InChI is InChI=1S/C22H21N3O3/c1-4-28-15-10-8-14(9-11-15)19-12-17(18(13-23)22(24)25-19)16-6-5-7-20(26-2)21(16)27-3/h5-12H,4H2,1-3H3,(H2,24,25). The van der Waals surface area contributed by atoms with Crippen molar-refractivity contribution in [1.29, 1.82) is 5.26 Å². The Kier molecular flexibility index (Phi) is 5.66. The van der Waals surface area contributed by atoms with Gasteiger partial charge in [0.2, 0.25) is 0 Å². The van der Waals surface area contributed by atoms with E-state index in [1.807, 2.05) is 49.4 Å². The number of nitrogens with two attached hydrogens (primary N) is 1. The minimum absolute atomic E-state index is 0.161. The minimum atomic E-state index is 0.161. The highest BCUT2D eigenvalue weighted by molar-refractivity contribution is 5.84. The normalized spacial score (nSPS) is 10.2. The van der Waals surface area contributed by atoms with Crippen LogP contribution in [0.1, 0.15) is 12.5 Å². The predicted octanol–water partition coefficient (Wildman–Crippen LogP) is 4.29. The van der Waals surface area contributed by atoms with E-state index in [4.69, 9.17) is 19.9 Å². The van der Waals surface area contributed by atoms with Crippen LogP contribution in [-0.4, -0.2) is 25.8 Å². The summed E-state index contributed by atoms with van der Waals surface area (Å²) < 4.78 is 16.4. The molecule has 2 N–H and O–H groups in total. The molecule has 0 spiro atoms.